The smallest absolute Gasteiger partial charge is 0.290 e. The van der Waals surface area contributed by atoms with Gasteiger partial charge in [-0.15, -0.1) is 0 Å². The molecule has 2 aromatic rings. The lowest BCUT2D eigenvalue weighted by Crippen LogP contribution is -2.39. The lowest BCUT2D eigenvalue weighted by molar-refractivity contribution is -0.0544. The molecular formula is C15H10F4O6S2. The van der Waals surface area contributed by atoms with Crippen LogP contribution in [0.2, 0.25) is 0 Å². The predicted octanol–water partition coefficient (Wildman–Crippen LogP) is 2.67. The van der Waals surface area contributed by atoms with Gasteiger partial charge in [0.2, 0.25) is 21.1 Å². The van der Waals surface area contributed by atoms with E-state index in [1.807, 2.05) is 0 Å². The number of sulfone groups is 1. The number of carbonyl (C=O) groups excluding carboxylic acids is 1. The normalized spacial score (nSPS) is 13.9. The lowest BCUT2D eigenvalue weighted by Gasteiger charge is -2.18. The van der Waals surface area contributed by atoms with Crippen LogP contribution in [0, 0.1) is 5.82 Å². The molecule has 2 aromatic carbocycles. The summed E-state index contributed by atoms with van der Waals surface area (Å²) in [5, 5.41) is 0. The number of alkyl halides is 3. The highest BCUT2D eigenvalue weighted by Crippen LogP contribution is 2.30. The van der Waals surface area contributed by atoms with Gasteiger partial charge in [-0.1, -0.05) is 18.2 Å². The summed E-state index contributed by atoms with van der Waals surface area (Å²) < 4.78 is 102. The van der Waals surface area contributed by atoms with Crippen LogP contribution in [0.5, 0.6) is 0 Å². The molecule has 0 saturated carbocycles. The molecule has 0 aromatic heterocycles. The summed E-state index contributed by atoms with van der Waals surface area (Å²) in [6.07, 6.45) is 0. The van der Waals surface area contributed by atoms with Crippen molar-refractivity contribution in [2.45, 2.75) is 15.8 Å². The van der Waals surface area contributed by atoms with E-state index in [9.17, 15) is 39.2 Å². The van der Waals surface area contributed by atoms with Gasteiger partial charge in [0.05, 0.1) is 4.90 Å². The minimum Gasteiger partial charge on any atom is -0.290 e. The van der Waals surface area contributed by atoms with E-state index in [0.29, 0.717) is 0 Å². The standard InChI is InChI=1S/C15H10F4O6S2/c16-11-8-6-10(7-9-11)13(20)14(25-27(23,24)15(17,18)19)26(21,22)12-4-2-1-3-5-12/h1-9,14H. The van der Waals surface area contributed by atoms with Crippen molar-refractivity contribution in [2.75, 3.05) is 0 Å². The van der Waals surface area contributed by atoms with Gasteiger partial charge in [-0.25, -0.2) is 17.0 Å². The third-order valence-corrected chi connectivity index (χ3v) is 6.13. The van der Waals surface area contributed by atoms with Gasteiger partial charge in [-0.3, -0.25) is 4.79 Å². The summed E-state index contributed by atoms with van der Waals surface area (Å²) in [6.45, 7) is 0. The van der Waals surface area contributed by atoms with Gasteiger partial charge in [0.25, 0.3) is 0 Å². The summed E-state index contributed by atoms with van der Waals surface area (Å²) in [5.74, 6) is -2.41. The van der Waals surface area contributed by atoms with Crippen molar-refractivity contribution < 1.29 is 43.4 Å². The van der Waals surface area contributed by atoms with Crippen molar-refractivity contribution in [1.82, 2.24) is 0 Å². The molecule has 0 amide bonds. The Balaban J connectivity index is 2.59. The van der Waals surface area contributed by atoms with Crippen molar-refractivity contribution >= 4 is 25.7 Å². The molecule has 0 aliphatic carbocycles. The van der Waals surface area contributed by atoms with E-state index >= 15 is 0 Å². The average Bonchev–Trinajstić information content (AvgIpc) is 2.59. The first-order chi connectivity index (χ1) is 12.4. The van der Waals surface area contributed by atoms with Crippen LogP contribution in [-0.4, -0.2) is 33.6 Å². The van der Waals surface area contributed by atoms with Gasteiger partial charge in [-0.2, -0.15) is 21.6 Å². The number of Topliss-reactive ketones (excluding diaryl/α,β-unsaturated/α-hetero) is 1. The SMILES string of the molecule is O=C(c1ccc(F)cc1)C(OS(=O)(=O)C(F)(F)F)S(=O)(=O)c1ccccc1. The van der Waals surface area contributed by atoms with Crippen LogP contribution >= 0.6 is 0 Å². The Bertz CT molecular complexity index is 1030. The number of hydrogen-bond donors (Lipinski definition) is 0. The molecule has 0 spiro atoms. The monoisotopic (exact) mass is 426 g/mol. The molecule has 0 saturated heterocycles. The highest BCUT2D eigenvalue weighted by atomic mass is 32.2. The third kappa shape index (κ3) is 4.51. The van der Waals surface area contributed by atoms with Crippen LogP contribution < -0.4 is 0 Å². The highest BCUT2D eigenvalue weighted by molar-refractivity contribution is 7.94. The molecule has 0 aliphatic heterocycles. The summed E-state index contributed by atoms with van der Waals surface area (Å²) in [5.41, 5.74) is -9.56. The molecule has 12 heteroatoms. The quantitative estimate of drug-likeness (QED) is 0.305. The summed E-state index contributed by atoms with van der Waals surface area (Å²) in [4.78, 5) is 11.8. The molecule has 0 bridgehead atoms. The molecule has 1 unspecified atom stereocenters. The Morgan fingerprint density at radius 1 is 0.889 bits per heavy atom. The maximum absolute atomic E-state index is 13.0. The summed E-state index contributed by atoms with van der Waals surface area (Å²) >= 11 is 0. The fourth-order valence-electron chi connectivity index (χ4n) is 1.89. The fourth-order valence-corrected chi connectivity index (χ4v) is 4.24. The lowest BCUT2D eigenvalue weighted by atomic mass is 10.1. The zero-order valence-electron chi connectivity index (χ0n) is 13.1. The van der Waals surface area contributed by atoms with E-state index < -0.39 is 53.0 Å². The Labute approximate surface area is 151 Å². The zero-order valence-corrected chi connectivity index (χ0v) is 14.7. The molecule has 0 radical (unpaired) electrons. The van der Waals surface area contributed by atoms with E-state index in [4.69, 9.17) is 0 Å². The number of rotatable bonds is 6. The Kier molecular flexibility index (Phi) is 5.73. The number of ketones is 1. The van der Waals surface area contributed by atoms with E-state index in [-0.39, 0.29) is 0 Å². The molecule has 1 atom stereocenters. The van der Waals surface area contributed by atoms with Crippen LogP contribution in [0.4, 0.5) is 17.6 Å². The number of benzene rings is 2. The van der Waals surface area contributed by atoms with E-state index in [1.165, 1.54) is 18.2 Å². The minimum atomic E-state index is -6.42. The minimum absolute atomic E-state index is 0.557. The molecule has 0 fully saturated rings. The predicted molar refractivity (Wildman–Crippen MR) is 84.2 cm³/mol. The van der Waals surface area contributed by atoms with Gasteiger partial charge in [0.1, 0.15) is 5.82 Å². The first-order valence-corrected chi connectivity index (χ1v) is 9.90. The van der Waals surface area contributed by atoms with Crippen LogP contribution in [0.1, 0.15) is 10.4 Å². The highest BCUT2D eigenvalue weighted by Gasteiger charge is 2.52. The first-order valence-electron chi connectivity index (χ1n) is 6.94. The number of carbonyl (C=O) groups is 1. The Morgan fingerprint density at radius 3 is 1.89 bits per heavy atom. The van der Waals surface area contributed by atoms with Crippen molar-refractivity contribution in [3.8, 4) is 0 Å². The Hall–Kier alpha value is -2.31. The third-order valence-electron chi connectivity index (χ3n) is 3.19. The van der Waals surface area contributed by atoms with Crippen LogP contribution in [0.15, 0.2) is 59.5 Å². The summed E-state index contributed by atoms with van der Waals surface area (Å²) in [6, 6.07) is 8.78. The molecule has 0 heterocycles. The fraction of sp³-hybridized carbons (Fsp3) is 0.133. The molecule has 6 nitrogen and oxygen atoms in total. The van der Waals surface area contributed by atoms with Gasteiger partial charge in [0.15, 0.2) is 0 Å². The van der Waals surface area contributed by atoms with Gasteiger partial charge >= 0.3 is 15.6 Å². The largest absolute Gasteiger partial charge is 0.523 e. The molecule has 2 rings (SSSR count). The topological polar surface area (TPSA) is 94.6 Å². The van der Waals surface area contributed by atoms with Gasteiger partial charge < -0.3 is 0 Å². The second-order valence-electron chi connectivity index (χ2n) is 5.06. The molecule has 0 aliphatic rings. The van der Waals surface area contributed by atoms with Crippen molar-refractivity contribution in [2.24, 2.45) is 0 Å². The Morgan fingerprint density at radius 2 is 1.41 bits per heavy atom. The maximum Gasteiger partial charge on any atom is 0.523 e. The van der Waals surface area contributed by atoms with E-state index in [0.717, 1.165) is 36.4 Å². The molecule has 0 N–H and O–H groups in total. The maximum atomic E-state index is 13.0. The number of hydrogen-bond acceptors (Lipinski definition) is 6. The first kappa shape index (κ1) is 21.0. The average molecular weight is 426 g/mol. The van der Waals surface area contributed by atoms with Gasteiger partial charge in [0, 0.05) is 5.56 Å². The second kappa shape index (κ2) is 7.37. The molecule has 146 valence electrons. The molecule has 27 heavy (non-hydrogen) atoms. The van der Waals surface area contributed by atoms with Crippen LogP contribution in [0.25, 0.3) is 0 Å². The van der Waals surface area contributed by atoms with Crippen LogP contribution in [-0.2, 0) is 24.1 Å². The zero-order chi connectivity index (χ0) is 20.5. The van der Waals surface area contributed by atoms with Crippen molar-refractivity contribution in [3.63, 3.8) is 0 Å². The summed E-state index contributed by atoms with van der Waals surface area (Å²) in [7, 11) is -11.4. The van der Waals surface area contributed by atoms with E-state index in [2.05, 4.69) is 4.18 Å². The van der Waals surface area contributed by atoms with Crippen LogP contribution in [0.3, 0.4) is 0 Å². The van der Waals surface area contributed by atoms with Gasteiger partial charge in [-0.05, 0) is 36.4 Å². The van der Waals surface area contributed by atoms with Crippen molar-refractivity contribution in [3.05, 3.63) is 66.0 Å². The van der Waals surface area contributed by atoms with E-state index in [1.54, 1.807) is 0 Å². The second-order valence-corrected chi connectivity index (χ2v) is 8.61. The van der Waals surface area contributed by atoms with Crippen molar-refractivity contribution in [1.29, 1.82) is 0 Å². The molecular weight excluding hydrogens is 416 g/mol. The number of halogens is 4.